The van der Waals surface area contributed by atoms with Crippen molar-refractivity contribution in [2.24, 2.45) is 12.2 Å². The maximum Gasteiger partial charge on any atom is 0.280 e. The van der Waals surface area contributed by atoms with Crippen LogP contribution in [0.4, 0.5) is 5.13 Å². The number of benzene rings is 1. The highest BCUT2D eigenvalue weighted by Gasteiger charge is 2.31. The van der Waals surface area contributed by atoms with Crippen molar-refractivity contribution < 1.29 is 27.5 Å². The van der Waals surface area contributed by atoms with Crippen LogP contribution in [0.5, 0.6) is 5.88 Å². The number of anilines is 1. The van der Waals surface area contributed by atoms with E-state index in [2.05, 4.69) is 25.5 Å². The number of ether oxygens (including phenoxy) is 2. The molecule has 4 heterocycles. The molecule has 14 heteroatoms. The molecule has 0 unspecified atom stereocenters. The molecule has 198 valence electrons. The van der Waals surface area contributed by atoms with Gasteiger partial charge in [0.05, 0.1) is 23.9 Å². The van der Waals surface area contributed by atoms with Gasteiger partial charge >= 0.3 is 0 Å². The zero-order chi connectivity index (χ0) is 26.7. The second kappa shape index (κ2) is 10.8. The van der Waals surface area contributed by atoms with Crippen molar-refractivity contribution in [2.45, 2.75) is 23.2 Å². The molecule has 1 amide bonds. The van der Waals surface area contributed by atoms with Gasteiger partial charge in [0.1, 0.15) is 16.0 Å². The number of carbonyl (C=O) groups is 1. The summed E-state index contributed by atoms with van der Waals surface area (Å²) >= 11 is 1.18. The fourth-order valence-corrected chi connectivity index (χ4v) is 6.21. The molecule has 0 aliphatic carbocycles. The highest BCUT2D eigenvalue weighted by atomic mass is 32.2. The Morgan fingerprint density at radius 3 is 2.71 bits per heavy atom. The van der Waals surface area contributed by atoms with Crippen LogP contribution in [0, 0.1) is 0 Å². The summed E-state index contributed by atoms with van der Waals surface area (Å²) in [5.41, 5.74) is 1.54. The first kappa shape index (κ1) is 25.8. The summed E-state index contributed by atoms with van der Waals surface area (Å²) in [6, 6.07) is 11.2. The lowest BCUT2D eigenvalue weighted by atomic mass is 10.1. The van der Waals surface area contributed by atoms with Crippen LogP contribution in [0.3, 0.4) is 0 Å². The Morgan fingerprint density at radius 1 is 1.21 bits per heavy atom. The summed E-state index contributed by atoms with van der Waals surface area (Å²) < 4.78 is 37.8. The molecular formula is C24H24N6O6S2. The fourth-order valence-electron chi connectivity index (χ4n) is 3.80. The third kappa shape index (κ3) is 5.51. The molecular weight excluding hydrogens is 532 g/mol. The van der Waals surface area contributed by atoms with Crippen LogP contribution in [0.25, 0.3) is 10.3 Å². The van der Waals surface area contributed by atoms with Gasteiger partial charge in [-0.3, -0.25) is 14.8 Å². The van der Waals surface area contributed by atoms with Gasteiger partial charge in [-0.15, -0.1) is 0 Å². The van der Waals surface area contributed by atoms with Crippen molar-refractivity contribution in [2.75, 3.05) is 25.6 Å². The maximum atomic E-state index is 13.3. The lowest BCUT2D eigenvalue weighted by molar-refractivity contribution is -0.110. The summed E-state index contributed by atoms with van der Waals surface area (Å²) in [6.07, 6.45) is 2.21. The molecule has 38 heavy (non-hydrogen) atoms. The molecule has 1 N–H and O–H groups in total. The average Bonchev–Trinajstić information content (AvgIpc) is 3.67. The van der Waals surface area contributed by atoms with Crippen molar-refractivity contribution >= 4 is 48.3 Å². The quantitative estimate of drug-likeness (QED) is 0.243. The van der Waals surface area contributed by atoms with Crippen molar-refractivity contribution in [1.29, 1.82) is 0 Å². The number of fused-ring (bicyclic) bond motifs is 1. The number of nitrogens with zero attached hydrogens (tertiary/aromatic N) is 5. The first-order valence-electron chi connectivity index (χ1n) is 11.6. The van der Waals surface area contributed by atoms with E-state index in [4.69, 9.17) is 14.3 Å². The summed E-state index contributed by atoms with van der Waals surface area (Å²) in [7, 11) is -0.257. The van der Waals surface area contributed by atoms with Crippen molar-refractivity contribution in [3.05, 3.63) is 59.9 Å². The number of aryl methyl sites for hydroxylation is 1. The number of thiazole rings is 1. The van der Waals surface area contributed by atoms with Gasteiger partial charge in [-0.25, -0.2) is 18.4 Å². The van der Waals surface area contributed by atoms with E-state index in [1.54, 1.807) is 36.1 Å². The third-order valence-corrected chi connectivity index (χ3v) is 8.85. The number of hydrogen-bond donors (Lipinski definition) is 1. The van der Waals surface area contributed by atoms with Gasteiger partial charge in [0.2, 0.25) is 5.88 Å². The van der Waals surface area contributed by atoms with Gasteiger partial charge in [-0.2, -0.15) is 5.10 Å². The number of amides is 1. The predicted molar refractivity (Wildman–Crippen MR) is 140 cm³/mol. The molecule has 1 aliphatic heterocycles. The minimum absolute atomic E-state index is 0.0383. The van der Waals surface area contributed by atoms with Crippen LogP contribution in [-0.2, 0) is 37.9 Å². The lowest BCUT2D eigenvalue weighted by Crippen LogP contribution is -2.25. The van der Waals surface area contributed by atoms with Gasteiger partial charge in [0.15, 0.2) is 27.3 Å². The number of sulfone groups is 1. The Hall–Kier alpha value is -3.88. The number of nitrogens with one attached hydrogen (secondary N) is 1. The Kier molecular flexibility index (Phi) is 7.35. The molecule has 5 rings (SSSR count). The van der Waals surface area contributed by atoms with E-state index in [1.165, 1.54) is 42.7 Å². The van der Waals surface area contributed by atoms with Gasteiger partial charge in [-0.1, -0.05) is 28.6 Å². The summed E-state index contributed by atoms with van der Waals surface area (Å²) in [5.74, 6) is -0.153. The number of oxime groups is 1. The SMILES string of the molecule is COc1ccc2nc(NC(=O)C(=NOCc3ccn(C)n3)c3ccc(S(=O)(=O)[C@H]4CCOC4)cc3)sc2n1. The van der Waals surface area contributed by atoms with E-state index in [1.807, 2.05) is 0 Å². The molecule has 4 aromatic rings. The fraction of sp³-hybridized carbons (Fsp3) is 0.292. The smallest absolute Gasteiger partial charge is 0.280 e. The van der Waals surface area contributed by atoms with E-state index in [-0.39, 0.29) is 23.8 Å². The number of rotatable bonds is 9. The van der Waals surface area contributed by atoms with Gasteiger partial charge < -0.3 is 14.3 Å². The molecule has 1 aliphatic rings. The van der Waals surface area contributed by atoms with Crippen molar-refractivity contribution in [3.63, 3.8) is 0 Å². The molecule has 0 saturated carbocycles. The van der Waals surface area contributed by atoms with E-state index >= 15 is 0 Å². The number of hydrogen-bond acceptors (Lipinski definition) is 11. The molecule has 1 fully saturated rings. The molecule has 1 saturated heterocycles. The first-order chi connectivity index (χ1) is 18.3. The normalized spacial score (nSPS) is 16.1. The van der Waals surface area contributed by atoms with E-state index in [0.717, 1.165) is 0 Å². The molecule has 1 atom stereocenters. The number of pyridine rings is 1. The Morgan fingerprint density at radius 2 is 2.03 bits per heavy atom. The van der Waals surface area contributed by atoms with Crippen LogP contribution in [-0.4, -0.2) is 65.4 Å². The first-order valence-corrected chi connectivity index (χ1v) is 13.9. The minimum Gasteiger partial charge on any atom is -0.481 e. The zero-order valence-corrected chi connectivity index (χ0v) is 22.2. The largest absolute Gasteiger partial charge is 0.481 e. The zero-order valence-electron chi connectivity index (χ0n) is 20.5. The third-order valence-electron chi connectivity index (χ3n) is 5.79. The van der Waals surface area contributed by atoms with E-state index in [9.17, 15) is 13.2 Å². The molecule has 0 radical (unpaired) electrons. The predicted octanol–water partition coefficient (Wildman–Crippen LogP) is 2.56. The van der Waals surface area contributed by atoms with Crippen LogP contribution in [0.2, 0.25) is 0 Å². The molecule has 0 spiro atoms. The number of carbonyl (C=O) groups excluding carboxylic acids is 1. The summed E-state index contributed by atoms with van der Waals surface area (Å²) in [4.78, 5) is 28.2. The highest BCUT2D eigenvalue weighted by molar-refractivity contribution is 7.92. The van der Waals surface area contributed by atoms with Gasteiger partial charge in [-0.05, 0) is 30.7 Å². The Balaban J connectivity index is 1.40. The van der Waals surface area contributed by atoms with Crippen LogP contribution in [0.1, 0.15) is 17.7 Å². The molecule has 3 aromatic heterocycles. The van der Waals surface area contributed by atoms with Gasteiger partial charge in [0, 0.05) is 31.5 Å². The van der Waals surface area contributed by atoms with Crippen LogP contribution < -0.4 is 10.1 Å². The van der Waals surface area contributed by atoms with E-state index in [0.29, 0.717) is 45.6 Å². The Bertz CT molecular complexity index is 1590. The Labute approximate surface area is 222 Å². The highest BCUT2D eigenvalue weighted by Crippen LogP contribution is 2.27. The van der Waals surface area contributed by atoms with Crippen molar-refractivity contribution in [3.8, 4) is 5.88 Å². The standard InChI is InChI=1S/C24H24N6O6S2/c1-30-11-9-16(28-30)13-36-29-21(15-3-5-17(6-4-15)38(32,33)18-10-12-35-14-18)22(31)27-24-25-19-7-8-20(34-2)26-23(19)37-24/h3-9,11,18H,10,12-14H2,1-2H3,(H,25,27,31)/t18-/m0/s1. The van der Waals surface area contributed by atoms with E-state index < -0.39 is 21.0 Å². The minimum atomic E-state index is -3.55. The molecule has 12 nitrogen and oxygen atoms in total. The second-order valence-corrected chi connectivity index (χ2v) is 11.6. The number of aromatic nitrogens is 4. The lowest BCUT2D eigenvalue weighted by Gasteiger charge is -2.11. The van der Waals surface area contributed by atoms with Gasteiger partial charge in [0.25, 0.3) is 5.91 Å². The average molecular weight is 557 g/mol. The molecule has 1 aromatic carbocycles. The van der Waals surface area contributed by atoms with Crippen LogP contribution in [0.15, 0.2) is 58.7 Å². The second-order valence-electron chi connectivity index (χ2n) is 8.40. The monoisotopic (exact) mass is 556 g/mol. The van der Waals surface area contributed by atoms with Crippen molar-refractivity contribution in [1.82, 2.24) is 19.7 Å². The maximum absolute atomic E-state index is 13.3. The number of methoxy groups -OCH3 is 1. The topological polar surface area (TPSA) is 147 Å². The summed E-state index contributed by atoms with van der Waals surface area (Å²) in [5, 5.41) is 10.8. The summed E-state index contributed by atoms with van der Waals surface area (Å²) in [6.45, 7) is 0.626. The van der Waals surface area contributed by atoms with Crippen LogP contribution >= 0.6 is 11.3 Å². The molecule has 0 bridgehead atoms.